The van der Waals surface area contributed by atoms with Crippen molar-refractivity contribution in [2.45, 2.75) is 30.0 Å². The van der Waals surface area contributed by atoms with Crippen LogP contribution in [-0.4, -0.2) is 51.1 Å². The summed E-state index contributed by atoms with van der Waals surface area (Å²) in [5, 5.41) is 2.61. The Hall–Kier alpha value is -2.79. The molecular weight excluding hydrogens is 437 g/mol. The molecule has 2 aromatic rings. The lowest BCUT2D eigenvalue weighted by Gasteiger charge is -2.23. The first-order valence-electron chi connectivity index (χ1n) is 9.36. The molecule has 7 nitrogen and oxygen atoms in total. The van der Waals surface area contributed by atoms with Crippen LogP contribution >= 0.6 is 0 Å². The van der Waals surface area contributed by atoms with Crippen molar-refractivity contribution in [3.8, 4) is 11.5 Å². The molecule has 1 heterocycles. The average molecular weight is 458 g/mol. The van der Waals surface area contributed by atoms with Gasteiger partial charge in [0.25, 0.3) is 0 Å². The first kappa shape index (κ1) is 22.9. The molecule has 1 saturated heterocycles. The van der Waals surface area contributed by atoms with Crippen molar-refractivity contribution >= 4 is 21.6 Å². The maximum absolute atomic E-state index is 13.0. The van der Waals surface area contributed by atoms with E-state index in [0.29, 0.717) is 24.3 Å². The topological polar surface area (TPSA) is 84.9 Å². The summed E-state index contributed by atoms with van der Waals surface area (Å²) in [7, 11) is -2.42. The zero-order valence-corrected chi connectivity index (χ0v) is 17.4. The number of anilines is 1. The molecule has 0 aromatic heterocycles. The molecule has 0 spiro atoms. The molecule has 1 aliphatic rings. The standard InChI is InChI=1S/C20H21F3N2O5S/c1-29-15-8-10-17(11-9-15)31(27,28)25-12-2-3-18(25)19(26)24-14-4-6-16(7-5-14)30-13-20(21,22)23/h4-11,18H,2-3,12-13H2,1H3,(H,24,26). The molecule has 168 valence electrons. The van der Waals surface area contributed by atoms with Crippen LogP contribution in [0.4, 0.5) is 18.9 Å². The van der Waals surface area contributed by atoms with E-state index in [-0.39, 0.29) is 17.2 Å². The van der Waals surface area contributed by atoms with E-state index < -0.39 is 34.8 Å². The van der Waals surface area contributed by atoms with Crippen LogP contribution < -0.4 is 14.8 Å². The van der Waals surface area contributed by atoms with E-state index in [2.05, 4.69) is 10.1 Å². The second-order valence-corrected chi connectivity index (χ2v) is 8.76. The zero-order chi connectivity index (χ0) is 22.6. The Morgan fingerprint density at radius 3 is 2.29 bits per heavy atom. The number of halogens is 3. The van der Waals surface area contributed by atoms with Gasteiger partial charge in [0.2, 0.25) is 15.9 Å². The summed E-state index contributed by atoms with van der Waals surface area (Å²) in [6, 6.07) is 10.4. The van der Waals surface area contributed by atoms with Crippen LogP contribution in [0.25, 0.3) is 0 Å². The van der Waals surface area contributed by atoms with Crippen LogP contribution in [0.15, 0.2) is 53.4 Å². The smallest absolute Gasteiger partial charge is 0.422 e. The summed E-state index contributed by atoms with van der Waals surface area (Å²) < 4.78 is 73.5. The summed E-state index contributed by atoms with van der Waals surface area (Å²) >= 11 is 0. The predicted molar refractivity (Wildman–Crippen MR) is 107 cm³/mol. The fraction of sp³-hybridized carbons (Fsp3) is 0.350. The van der Waals surface area contributed by atoms with Crippen LogP contribution in [0.3, 0.4) is 0 Å². The minimum atomic E-state index is -4.45. The maximum Gasteiger partial charge on any atom is 0.422 e. The number of hydrogen-bond donors (Lipinski definition) is 1. The highest BCUT2D eigenvalue weighted by Crippen LogP contribution is 2.28. The van der Waals surface area contributed by atoms with Crippen LogP contribution in [0.1, 0.15) is 12.8 Å². The molecule has 3 rings (SSSR count). The average Bonchev–Trinajstić information content (AvgIpc) is 3.24. The van der Waals surface area contributed by atoms with Crippen molar-refractivity contribution in [3.63, 3.8) is 0 Å². The van der Waals surface area contributed by atoms with E-state index in [9.17, 15) is 26.4 Å². The van der Waals surface area contributed by atoms with E-state index >= 15 is 0 Å². The van der Waals surface area contributed by atoms with Crippen LogP contribution in [0.5, 0.6) is 11.5 Å². The fourth-order valence-electron chi connectivity index (χ4n) is 3.20. The van der Waals surface area contributed by atoms with Gasteiger partial charge in [0.15, 0.2) is 6.61 Å². The molecule has 2 aromatic carbocycles. The van der Waals surface area contributed by atoms with Gasteiger partial charge in [-0.3, -0.25) is 4.79 Å². The largest absolute Gasteiger partial charge is 0.497 e. The first-order valence-corrected chi connectivity index (χ1v) is 10.8. The lowest BCUT2D eigenvalue weighted by atomic mass is 10.2. The number of benzene rings is 2. The van der Waals surface area contributed by atoms with Crippen LogP contribution in [0.2, 0.25) is 0 Å². The number of amides is 1. The number of carbonyl (C=O) groups is 1. The zero-order valence-electron chi connectivity index (χ0n) is 16.6. The SMILES string of the molecule is COc1ccc(S(=O)(=O)N2CCCC2C(=O)Nc2ccc(OCC(F)(F)F)cc2)cc1. The molecule has 31 heavy (non-hydrogen) atoms. The molecule has 1 unspecified atom stereocenters. The Bertz CT molecular complexity index is 1010. The number of ether oxygens (including phenoxy) is 2. The summed E-state index contributed by atoms with van der Waals surface area (Å²) in [5.74, 6) is -0.00391. The van der Waals surface area contributed by atoms with Gasteiger partial charge >= 0.3 is 6.18 Å². The van der Waals surface area contributed by atoms with Gasteiger partial charge in [-0.2, -0.15) is 17.5 Å². The molecule has 1 N–H and O–H groups in total. The van der Waals surface area contributed by atoms with E-state index in [1.54, 1.807) is 0 Å². The Balaban J connectivity index is 1.68. The molecule has 0 saturated carbocycles. The van der Waals surface area contributed by atoms with Gasteiger partial charge in [-0.1, -0.05) is 0 Å². The lowest BCUT2D eigenvalue weighted by Crippen LogP contribution is -2.43. The van der Waals surface area contributed by atoms with Crippen molar-refractivity contribution < 1.29 is 35.9 Å². The highest BCUT2D eigenvalue weighted by atomic mass is 32.2. The third-order valence-corrected chi connectivity index (χ3v) is 6.62. The molecular formula is C20H21F3N2O5S. The van der Waals surface area contributed by atoms with Crippen molar-refractivity contribution in [2.75, 3.05) is 25.6 Å². The number of hydrogen-bond acceptors (Lipinski definition) is 5. The van der Waals surface area contributed by atoms with Gasteiger partial charge in [0.05, 0.1) is 12.0 Å². The molecule has 0 radical (unpaired) electrons. The molecule has 0 aliphatic carbocycles. The second-order valence-electron chi connectivity index (χ2n) is 6.87. The van der Waals surface area contributed by atoms with E-state index in [4.69, 9.17) is 4.74 Å². The summed E-state index contributed by atoms with van der Waals surface area (Å²) in [4.78, 5) is 12.8. The van der Waals surface area contributed by atoms with Gasteiger partial charge in [-0.05, 0) is 61.4 Å². The van der Waals surface area contributed by atoms with E-state index in [0.717, 1.165) is 4.31 Å². The first-order chi connectivity index (χ1) is 14.6. The van der Waals surface area contributed by atoms with Crippen molar-refractivity contribution in [1.82, 2.24) is 4.31 Å². The Kier molecular flexibility index (Phi) is 6.75. The summed E-state index contributed by atoms with van der Waals surface area (Å²) in [5.41, 5.74) is 0.318. The number of rotatable bonds is 7. The van der Waals surface area contributed by atoms with Crippen LogP contribution in [-0.2, 0) is 14.8 Å². The summed E-state index contributed by atoms with van der Waals surface area (Å²) in [6.45, 7) is -1.21. The number of alkyl halides is 3. The molecule has 1 amide bonds. The van der Waals surface area contributed by atoms with Crippen LogP contribution in [0, 0.1) is 0 Å². The van der Waals surface area contributed by atoms with Crippen molar-refractivity contribution in [2.24, 2.45) is 0 Å². The quantitative estimate of drug-likeness (QED) is 0.687. The third-order valence-electron chi connectivity index (χ3n) is 4.70. The minimum absolute atomic E-state index is 0.0000922. The number of nitrogens with zero attached hydrogens (tertiary/aromatic N) is 1. The highest BCUT2D eigenvalue weighted by molar-refractivity contribution is 7.89. The Morgan fingerprint density at radius 2 is 1.71 bits per heavy atom. The van der Waals surface area contributed by atoms with Crippen molar-refractivity contribution in [3.05, 3.63) is 48.5 Å². The second kappa shape index (κ2) is 9.15. The monoisotopic (exact) mass is 458 g/mol. The molecule has 0 bridgehead atoms. The number of carbonyl (C=O) groups excluding carboxylic acids is 1. The minimum Gasteiger partial charge on any atom is -0.497 e. The van der Waals surface area contributed by atoms with E-state index in [1.807, 2.05) is 0 Å². The lowest BCUT2D eigenvalue weighted by molar-refractivity contribution is -0.153. The summed E-state index contributed by atoms with van der Waals surface area (Å²) in [6.07, 6.45) is -3.57. The van der Waals surface area contributed by atoms with Gasteiger partial charge in [0.1, 0.15) is 17.5 Å². The third kappa shape index (κ3) is 5.67. The van der Waals surface area contributed by atoms with Gasteiger partial charge < -0.3 is 14.8 Å². The normalized spacial score (nSPS) is 17.4. The molecule has 11 heteroatoms. The highest BCUT2D eigenvalue weighted by Gasteiger charge is 2.39. The number of sulfonamides is 1. The van der Waals surface area contributed by atoms with Gasteiger partial charge in [0, 0.05) is 12.2 Å². The Labute approximate surface area is 177 Å². The van der Waals surface area contributed by atoms with E-state index in [1.165, 1.54) is 55.6 Å². The maximum atomic E-state index is 13.0. The fourth-order valence-corrected chi connectivity index (χ4v) is 4.85. The molecule has 1 atom stereocenters. The number of methoxy groups -OCH3 is 1. The predicted octanol–water partition coefficient (Wildman–Crippen LogP) is 3.43. The van der Waals surface area contributed by atoms with Gasteiger partial charge in [-0.25, -0.2) is 8.42 Å². The Morgan fingerprint density at radius 1 is 1.10 bits per heavy atom. The molecule has 1 aliphatic heterocycles. The van der Waals surface area contributed by atoms with Gasteiger partial charge in [-0.15, -0.1) is 0 Å². The number of nitrogens with one attached hydrogen (secondary N) is 1. The molecule has 1 fully saturated rings. The van der Waals surface area contributed by atoms with Crippen molar-refractivity contribution in [1.29, 1.82) is 0 Å².